The molecule has 1 aromatic rings. The van der Waals surface area contributed by atoms with Gasteiger partial charge in [-0.2, -0.15) is 26.3 Å². The van der Waals surface area contributed by atoms with Gasteiger partial charge in [0.1, 0.15) is 6.61 Å². The highest BCUT2D eigenvalue weighted by molar-refractivity contribution is 5.95. The van der Waals surface area contributed by atoms with Crippen LogP contribution in [0.25, 0.3) is 0 Å². The molecule has 32 heavy (non-hydrogen) atoms. The van der Waals surface area contributed by atoms with Gasteiger partial charge in [-0.1, -0.05) is 44.2 Å². The Hall–Kier alpha value is -2.59. The summed E-state index contributed by atoms with van der Waals surface area (Å²) in [5.74, 6) is -10.3. The number of carbonyl (C=O) groups excluding carboxylic acids is 3. The molecule has 0 bridgehead atoms. The predicted octanol–water partition coefficient (Wildman–Crippen LogP) is 4.21. The van der Waals surface area contributed by atoms with E-state index in [4.69, 9.17) is 4.74 Å². The number of halogens is 6. The molecule has 178 valence electrons. The molecule has 5 nitrogen and oxygen atoms in total. The van der Waals surface area contributed by atoms with E-state index in [2.05, 4.69) is 0 Å². The first-order chi connectivity index (χ1) is 14.7. The minimum Gasteiger partial charge on any atom is -0.461 e. The standard InChI is InChI=1S/C21H23F6NO4/c1-11(2)16(28-19(31)21(25,26)27)17(29)14-8-13(20(22,23)24)9-15(14)18(30)32-10-12-6-4-3-5-7-12/h3-7,11,13-16H,8-10H2,1-2H3,(H,28,31)/t13-,14?,15+,16-/m0/s1. The van der Waals surface area contributed by atoms with E-state index in [9.17, 15) is 40.7 Å². The summed E-state index contributed by atoms with van der Waals surface area (Å²) in [7, 11) is 0. The molecule has 0 aliphatic heterocycles. The molecule has 0 aromatic heterocycles. The van der Waals surface area contributed by atoms with Crippen molar-refractivity contribution < 1.29 is 45.5 Å². The Labute approximate surface area is 180 Å². The lowest BCUT2D eigenvalue weighted by Crippen LogP contribution is -2.51. The molecule has 1 amide bonds. The topological polar surface area (TPSA) is 72.5 Å². The fourth-order valence-electron chi connectivity index (χ4n) is 3.74. The number of amides is 1. The molecule has 0 radical (unpaired) electrons. The van der Waals surface area contributed by atoms with Crippen molar-refractivity contribution in [3.8, 4) is 0 Å². The molecule has 11 heteroatoms. The van der Waals surface area contributed by atoms with Gasteiger partial charge >= 0.3 is 24.2 Å². The first kappa shape index (κ1) is 25.7. The van der Waals surface area contributed by atoms with Crippen LogP contribution in [0.2, 0.25) is 0 Å². The van der Waals surface area contributed by atoms with Gasteiger partial charge in [0.15, 0.2) is 5.78 Å². The molecule has 1 fully saturated rings. The number of nitrogens with one attached hydrogen (secondary N) is 1. The van der Waals surface area contributed by atoms with E-state index in [1.165, 1.54) is 13.8 Å². The summed E-state index contributed by atoms with van der Waals surface area (Å²) in [6.45, 7) is 2.46. The van der Waals surface area contributed by atoms with Crippen LogP contribution in [-0.2, 0) is 25.7 Å². The number of hydrogen-bond acceptors (Lipinski definition) is 4. The van der Waals surface area contributed by atoms with Gasteiger partial charge in [0.05, 0.1) is 17.9 Å². The van der Waals surface area contributed by atoms with Gasteiger partial charge in [-0.05, 0) is 24.3 Å². The van der Waals surface area contributed by atoms with Gasteiger partial charge in [0.25, 0.3) is 0 Å². The van der Waals surface area contributed by atoms with Gasteiger partial charge in [0.2, 0.25) is 0 Å². The van der Waals surface area contributed by atoms with E-state index >= 15 is 0 Å². The highest BCUT2D eigenvalue weighted by Crippen LogP contribution is 2.46. The van der Waals surface area contributed by atoms with Crippen LogP contribution in [-0.4, -0.2) is 36.1 Å². The van der Waals surface area contributed by atoms with Crippen LogP contribution >= 0.6 is 0 Å². The van der Waals surface area contributed by atoms with Crippen molar-refractivity contribution in [2.75, 3.05) is 0 Å². The van der Waals surface area contributed by atoms with E-state index in [0.717, 1.165) is 0 Å². The molecule has 1 N–H and O–H groups in total. The maximum absolute atomic E-state index is 13.3. The van der Waals surface area contributed by atoms with Crippen LogP contribution < -0.4 is 5.32 Å². The Morgan fingerprint density at radius 3 is 2.06 bits per heavy atom. The number of alkyl halides is 6. The average Bonchev–Trinajstić information content (AvgIpc) is 3.15. The second-order valence-electron chi connectivity index (χ2n) is 8.11. The Balaban J connectivity index is 2.23. The molecule has 0 spiro atoms. The molecule has 1 aromatic carbocycles. The first-order valence-electron chi connectivity index (χ1n) is 9.90. The van der Waals surface area contributed by atoms with Crippen LogP contribution in [0.4, 0.5) is 26.3 Å². The number of ketones is 1. The van der Waals surface area contributed by atoms with Crippen molar-refractivity contribution in [3.63, 3.8) is 0 Å². The predicted molar refractivity (Wildman–Crippen MR) is 99.8 cm³/mol. The Morgan fingerprint density at radius 1 is 1.00 bits per heavy atom. The summed E-state index contributed by atoms with van der Waals surface area (Å²) in [5.41, 5.74) is 0.576. The second kappa shape index (κ2) is 9.91. The number of carbonyl (C=O) groups is 3. The smallest absolute Gasteiger partial charge is 0.461 e. The van der Waals surface area contributed by atoms with Gasteiger partial charge in [-0.3, -0.25) is 14.4 Å². The number of ether oxygens (including phenoxy) is 1. The fraction of sp³-hybridized carbons (Fsp3) is 0.571. The second-order valence-corrected chi connectivity index (χ2v) is 8.11. The van der Waals surface area contributed by atoms with Gasteiger partial charge in [-0.25, -0.2) is 0 Å². The SMILES string of the molecule is CC(C)[C@H](NC(=O)C(F)(F)F)C(=O)C1C[C@H](C(F)(F)F)C[C@H]1C(=O)OCc1ccccc1. The molecule has 1 aliphatic carbocycles. The van der Waals surface area contributed by atoms with Crippen LogP contribution in [0.15, 0.2) is 30.3 Å². The summed E-state index contributed by atoms with van der Waals surface area (Å²) < 4.78 is 83.0. The zero-order chi connectivity index (χ0) is 24.3. The van der Waals surface area contributed by atoms with Crippen LogP contribution in [0.5, 0.6) is 0 Å². The molecule has 1 saturated carbocycles. The summed E-state index contributed by atoms with van der Waals surface area (Å²) in [5, 5.41) is 1.56. The third-order valence-corrected chi connectivity index (χ3v) is 5.43. The maximum Gasteiger partial charge on any atom is 0.471 e. The zero-order valence-corrected chi connectivity index (χ0v) is 17.3. The lowest BCUT2D eigenvalue weighted by atomic mass is 9.84. The molecule has 0 saturated heterocycles. The summed E-state index contributed by atoms with van der Waals surface area (Å²) >= 11 is 0. The molecular weight excluding hydrogens is 444 g/mol. The quantitative estimate of drug-likeness (QED) is 0.482. The number of benzene rings is 1. The van der Waals surface area contributed by atoms with Crippen LogP contribution in [0.1, 0.15) is 32.3 Å². The average molecular weight is 467 g/mol. The fourth-order valence-corrected chi connectivity index (χ4v) is 3.74. The van der Waals surface area contributed by atoms with Crippen molar-refractivity contribution in [2.45, 2.75) is 51.7 Å². The maximum atomic E-state index is 13.3. The van der Waals surface area contributed by atoms with E-state index in [0.29, 0.717) is 5.56 Å². The van der Waals surface area contributed by atoms with Crippen molar-refractivity contribution in [1.29, 1.82) is 0 Å². The molecule has 1 unspecified atom stereocenters. The summed E-state index contributed by atoms with van der Waals surface area (Å²) in [6.07, 6.45) is -11.5. The number of hydrogen-bond donors (Lipinski definition) is 1. The highest BCUT2D eigenvalue weighted by atomic mass is 19.4. The lowest BCUT2D eigenvalue weighted by Gasteiger charge is -2.27. The zero-order valence-electron chi connectivity index (χ0n) is 17.3. The lowest BCUT2D eigenvalue weighted by molar-refractivity contribution is -0.175. The van der Waals surface area contributed by atoms with E-state index in [1.54, 1.807) is 35.6 Å². The Bertz CT molecular complexity index is 822. The van der Waals surface area contributed by atoms with E-state index in [-0.39, 0.29) is 6.61 Å². The third kappa shape index (κ3) is 6.46. The van der Waals surface area contributed by atoms with Crippen LogP contribution in [0.3, 0.4) is 0 Å². The van der Waals surface area contributed by atoms with Gasteiger partial charge in [0, 0.05) is 5.92 Å². The first-order valence-corrected chi connectivity index (χ1v) is 9.90. The normalized spacial score (nSPS) is 22.5. The summed E-state index contributed by atoms with van der Waals surface area (Å²) in [6, 6.07) is 6.61. The number of esters is 1. The van der Waals surface area contributed by atoms with E-state index in [1.807, 2.05) is 0 Å². The summed E-state index contributed by atoms with van der Waals surface area (Å²) in [4.78, 5) is 36.9. The van der Waals surface area contributed by atoms with Gasteiger partial charge in [-0.15, -0.1) is 0 Å². The molecule has 4 atom stereocenters. The molecule has 0 heterocycles. The Kier molecular flexibility index (Phi) is 7.95. The van der Waals surface area contributed by atoms with Crippen molar-refractivity contribution >= 4 is 17.7 Å². The highest BCUT2D eigenvalue weighted by Gasteiger charge is 2.54. The molecular formula is C21H23F6NO4. The monoisotopic (exact) mass is 467 g/mol. The number of Topliss-reactive ketones (excluding diaryl/α,β-unsaturated/α-hetero) is 1. The van der Waals surface area contributed by atoms with Crippen molar-refractivity contribution in [1.82, 2.24) is 5.32 Å². The molecule has 2 rings (SSSR count). The van der Waals surface area contributed by atoms with Crippen molar-refractivity contribution in [3.05, 3.63) is 35.9 Å². The minimum atomic E-state index is -5.27. The largest absolute Gasteiger partial charge is 0.471 e. The van der Waals surface area contributed by atoms with Crippen LogP contribution in [0, 0.1) is 23.7 Å². The molecule has 1 aliphatic rings. The van der Waals surface area contributed by atoms with Crippen molar-refractivity contribution in [2.24, 2.45) is 23.7 Å². The van der Waals surface area contributed by atoms with E-state index < -0.39 is 72.6 Å². The minimum absolute atomic E-state index is 0.230. The van der Waals surface area contributed by atoms with Gasteiger partial charge < -0.3 is 10.1 Å². The number of rotatable bonds is 7. The Morgan fingerprint density at radius 2 is 1.56 bits per heavy atom. The third-order valence-electron chi connectivity index (χ3n) is 5.43.